The van der Waals surface area contributed by atoms with Crippen molar-refractivity contribution in [1.29, 1.82) is 0 Å². The zero-order chi connectivity index (χ0) is 10.1. The molecule has 2 aromatic rings. The molecule has 0 unspecified atom stereocenters. The lowest BCUT2D eigenvalue weighted by atomic mass is 10.2. The number of halogens is 1. The van der Waals surface area contributed by atoms with Crippen LogP contribution in [0.15, 0.2) is 18.2 Å². The number of methoxy groups -OCH3 is 1. The predicted molar refractivity (Wildman–Crippen MR) is 57.8 cm³/mol. The summed E-state index contributed by atoms with van der Waals surface area (Å²) in [5, 5.41) is 1.63. The van der Waals surface area contributed by atoms with Crippen molar-refractivity contribution >= 4 is 22.5 Å². The van der Waals surface area contributed by atoms with Gasteiger partial charge in [0.25, 0.3) is 0 Å². The molecular formula is C10H11ClN2O. The standard InChI is InChI=1S/C10H11ClN2O/c1-14-8-4-2-3-6-9(11)7(5-12)13-10(6)8/h2-4,13H,5,12H2,1H3. The van der Waals surface area contributed by atoms with Gasteiger partial charge in [-0.2, -0.15) is 0 Å². The van der Waals surface area contributed by atoms with Crippen LogP contribution in [-0.2, 0) is 6.54 Å². The third kappa shape index (κ3) is 1.25. The molecular weight excluding hydrogens is 200 g/mol. The minimum absolute atomic E-state index is 0.399. The van der Waals surface area contributed by atoms with Crippen molar-refractivity contribution in [3.05, 3.63) is 28.9 Å². The van der Waals surface area contributed by atoms with Crippen LogP contribution in [0.1, 0.15) is 5.69 Å². The molecule has 2 rings (SSSR count). The minimum Gasteiger partial charge on any atom is -0.495 e. The van der Waals surface area contributed by atoms with E-state index < -0.39 is 0 Å². The van der Waals surface area contributed by atoms with Gasteiger partial charge in [0.05, 0.1) is 17.6 Å². The molecule has 0 saturated carbocycles. The van der Waals surface area contributed by atoms with Crippen molar-refractivity contribution in [3.63, 3.8) is 0 Å². The Morgan fingerprint density at radius 2 is 2.29 bits per heavy atom. The Kier molecular flexibility index (Phi) is 2.35. The molecule has 1 aromatic carbocycles. The van der Waals surface area contributed by atoms with Gasteiger partial charge in [0.15, 0.2) is 0 Å². The Balaban J connectivity index is 2.77. The van der Waals surface area contributed by atoms with Gasteiger partial charge in [-0.3, -0.25) is 0 Å². The first-order chi connectivity index (χ1) is 6.77. The summed E-state index contributed by atoms with van der Waals surface area (Å²) >= 11 is 6.12. The highest BCUT2D eigenvalue weighted by Gasteiger charge is 2.10. The summed E-state index contributed by atoms with van der Waals surface area (Å²) in [4.78, 5) is 3.15. The van der Waals surface area contributed by atoms with Crippen LogP contribution in [0, 0.1) is 0 Å². The molecule has 1 aromatic heterocycles. The molecule has 0 aliphatic carbocycles. The predicted octanol–water partition coefficient (Wildman–Crippen LogP) is 2.29. The van der Waals surface area contributed by atoms with E-state index in [1.54, 1.807) is 7.11 Å². The maximum absolute atomic E-state index is 6.12. The largest absolute Gasteiger partial charge is 0.495 e. The number of hydrogen-bond donors (Lipinski definition) is 2. The summed E-state index contributed by atoms with van der Waals surface area (Å²) < 4.78 is 5.21. The van der Waals surface area contributed by atoms with E-state index >= 15 is 0 Å². The van der Waals surface area contributed by atoms with Gasteiger partial charge < -0.3 is 15.5 Å². The molecule has 0 aliphatic rings. The highest BCUT2D eigenvalue weighted by atomic mass is 35.5. The minimum atomic E-state index is 0.399. The average Bonchev–Trinajstić information content (AvgIpc) is 2.55. The molecule has 0 amide bonds. The topological polar surface area (TPSA) is 51.0 Å². The van der Waals surface area contributed by atoms with Gasteiger partial charge in [0.2, 0.25) is 0 Å². The van der Waals surface area contributed by atoms with Crippen molar-refractivity contribution in [1.82, 2.24) is 4.98 Å². The van der Waals surface area contributed by atoms with E-state index in [1.165, 1.54) is 0 Å². The SMILES string of the molecule is COc1cccc2c(Cl)c(CN)[nH]c12. The van der Waals surface area contributed by atoms with E-state index in [2.05, 4.69) is 4.98 Å². The van der Waals surface area contributed by atoms with Crippen molar-refractivity contribution in [2.75, 3.05) is 7.11 Å². The third-order valence-corrected chi connectivity index (χ3v) is 2.66. The molecule has 0 spiro atoms. The fraction of sp³-hybridized carbons (Fsp3) is 0.200. The number of fused-ring (bicyclic) bond motifs is 1. The maximum Gasteiger partial charge on any atom is 0.142 e. The van der Waals surface area contributed by atoms with E-state index in [0.717, 1.165) is 22.3 Å². The molecule has 0 fully saturated rings. The highest BCUT2D eigenvalue weighted by molar-refractivity contribution is 6.36. The van der Waals surface area contributed by atoms with Crippen molar-refractivity contribution in [2.45, 2.75) is 6.54 Å². The smallest absolute Gasteiger partial charge is 0.142 e. The molecule has 4 heteroatoms. The van der Waals surface area contributed by atoms with Crippen LogP contribution in [0.2, 0.25) is 5.02 Å². The molecule has 0 saturated heterocycles. The summed E-state index contributed by atoms with van der Waals surface area (Å²) in [7, 11) is 1.63. The number of hydrogen-bond acceptors (Lipinski definition) is 2. The first-order valence-electron chi connectivity index (χ1n) is 4.31. The van der Waals surface area contributed by atoms with Crippen LogP contribution in [0.25, 0.3) is 10.9 Å². The van der Waals surface area contributed by atoms with Crippen molar-refractivity contribution in [3.8, 4) is 5.75 Å². The first kappa shape index (κ1) is 9.37. The first-order valence-corrected chi connectivity index (χ1v) is 4.69. The van der Waals surface area contributed by atoms with E-state index in [4.69, 9.17) is 22.1 Å². The van der Waals surface area contributed by atoms with Crippen molar-refractivity contribution in [2.24, 2.45) is 5.73 Å². The van der Waals surface area contributed by atoms with E-state index in [1.807, 2.05) is 18.2 Å². The number of H-pyrrole nitrogens is 1. The molecule has 74 valence electrons. The van der Waals surface area contributed by atoms with Crippen LogP contribution in [0.4, 0.5) is 0 Å². The molecule has 3 N–H and O–H groups in total. The molecule has 0 radical (unpaired) electrons. The Morgan fingerprint density at radius 3 is 2.93 bits per heavy atom. The number of ether oxygens (including phenoxy) is 1. The van der Waals surface area contributed by atoms with E-state index in [0.29, 0.717) is 11.6 Å². The third-order valence-electron chi connectivity index (χ3n) is 2.23. The summed E-state index contributed by atoms with van der Waals surface area (Å²) in [6, 6.07) is 5.73. The van der Waals surface area contributed by atoms with Gasteiger partial charge in [0.1, 0.15) is 5.75 Å². The fourth-order valence-electron chi connectivity index (χ4n) is 1.52. The second kappa shape index (κ2) is 3.52. The average molecular weight is 211 g/mol. The van der Waals surface area contributed by atoms with Crippen LogP contribution in [0.3, 0.4) is 0 Å². The van der Waals surface area contributed by atoms with Gasteiger partial charge in [-0.1, -0.05) is 23.7 Å². The monoisotopic (exact) mass is 210 g/mol. The molecule has 0 bridgehead atoms. The Labute approximate surface area is 86.8 Å². The van der Waals surface area contributed by atoms with Gasteiger partial charge in [0, 0.05) is 17.6 Å². The summed E-state index contributed by atoms with van der Waals surface area (Å²) in [6.45, 7) is 0.399. The summed E-state index contributed by atoms with van der Waals surface area (Å²) in [5.41, 5.74) is 7.29. The van der Waals surface area contributed by atoms with Gasteiger partial charge in [-0.25, -0.2) is 0 Å². The van der Waals surface area contributed by atoms with Crippen molar-refractivity contribution < 1.29 is 4.74 Å². The molecule has 3 nitrogen and oxygen atoms in total. The summed E-state index contributed by atoms with van der Waals surface area (Å²) in [6.07, 6.45) is 0. The lowest BCUT2D eigenvalue weighted by molar-refractivity contribution is 0.419. The number of nitrogens with one attached hydrogen (secondary N) is 1. The summed E-state index contributed by atoms with van der Waals surface area (Å²) in [5.74, 6) is 0.782. The molecule has 14 heavy (non-hydrogen) atoms. The number of benzene rings is 1. The quantitative estimate of drug-likeness (QED) is 0.799. The maximum atomic E-state index is 6.12. The van der Waals surface area contributed by atoms with Gasteiger partial charge >= 0.3 is 0 Å². The van der Waals surface area contributed by atoms with Crippen LogP contribution >= 0.6 is 11.6 Å². The number of aromatic amines is 1. The van der Waals surface area contributed by atoms with Crippen LogP contribution in [0.5, 0.6) is 5.75 Å². The second-order valence-corrected chi connectivity index (χ2v) is 3.38. The van der Waals surface area contributed by atoms with E-state index in [9.17, 15) is 0 Å². The Bertz CT molecular complexity index is 464. The normalized spacial score (nSPS) is 10.8. The molecule has 0 aliphatic heterocycles. The van der Waals surface area contributed by atoms with Gasteiger partial charge in [-0.05, 0) is 6.07 Å². The fourth-order valence-corrected chi connectivity index (χ4v) is 1.80. The lowest BCUT2D eigenvalue weighted by Gasteiger charge is -1.99. The zero-order valence-corrected chi connectivity index (χ0v) is 8.56. The van der Waals surface area contributed by atoms with E-state index in [-0.39, 0.29) is 0 Å². The zero-order valence-electron chi connectivity index (χ0n) is 7.80. The molecule has 0 atom stereocenters. The Hall–Kier alpha value is -1.19. The number of aromatic nitrogens is 1. The number of rotatable bonds is 2. The highest BCUT2D eigenvalue weighted by Crippen LogP contribution is 2.32. The second-order valence-electron chi connectivity index (χ2n) is 3.00. The lowest BCUT2D eigenvalue weighted by Crippen LogP contribution is -1.96. The Morgan fingerprint density at radius 1 is 1.50 bits per heavy atom. The van der Waals surface area contributed by atoms with Gasteiger partial charge in [-0.15, -0.1) is 0 Å². The number of nitrogens with two attached hydrogens (primary N) is 1. The van der Waals surface area contributed by atoms with Crippen LogP contribution < -0.4 is 10.5 Å². The number of para-hydroxylation sites is 1. The molecule has 1 heterocycles. The van der Waals surface area contributed by atoms with Crippen LogP contribution in [-0.4, -0.2) is 12.1 Å².